The minimum absolute atomic E-state index is 0.0956. The Bertz CT molecular complexity index is 311. The summed E-state index contributed by atoms with van der Waals surface area (Å²) in [5.74, 6) is 0.120. The van der Waals surface area contributed by atoms with Gasteiger partial charge in [-0.05, 0) is 18.2 Å². The Hall–Kier alpha value is -1.55. The number of hydrogen-bond donors (Lipinski definition) is 1. The van der Waals surface area contributed by atoms with Gasteiger partial charge in [-0.2, -0.15) is 0 Å². The Labute approximate surface area is 81.8 Å². The number of aliphatic hydroxyl groups excluding tert-OH is 1. The van der Waals surface area contributed by atoms with Crippen LogP contribution in [0.2, 0.25) is 0 Å². The quantitative estimate of drug-likeness (QED) is 0.581. The van der Waals surface area contributed by atoms with Gasteiger partial charge in [0.25, 0.3) is 0 Å². The maximum atomic E-state index is 11.2. The third-order valence-corrected chi connectivity index (χ3v) is 1.69. The molecule has 1 heterocycles. The van der Waals surface area contributed by atoms with Gasteiger partial charge in [-0.1, -0.05) is 0 Å². The molecular weight excluding hydrogens is 184 g/mol. The highest BCUT2D eigenvalue weighted by Crippen LogP contribution is 2.11. The second-order valence-corrected chi connectivity index (χ2v) is 2.65. The number of ether oxygens (including phenoxy) is 1. The average Bonchev–Trinajstić information content (AvgIpc) is 2.68. The largest absolute Gasteiger partial charge is 0.466 e. The van der Waals surface area contributed by atoms with Crippen LogP contribution in [0.5, 0.6) is 0 Å². The van der Waals surface area contributed by atoms with Crippen LogP contribution < -0.4 is 0 Å². The van der Waals surface area contributed by atoms with Gasteiger partial charge in [-0.25, -0.2) is 4.79 Å². The van der Waals surface area contributed by atoms with Crippen molar-refractivity contribution in [3.05, 3.63) is 29.7 Å². The molecule has 0 bridgehead atoms. The lowest BCUT2D eigenvalue weighted by molar-refractivity contribution is -0.136. The molecule has 0 atom stereocenters. The molecule has 0 aliphatic heterocycles. The maximum Gasteiger partial charge on any atom is 0.333 e. The van der Waals surface area contributed by atoms with Crippen molar-refractivity contribution in [1.29, 1.82) is 0 Å². The van der Waals surface area contributed by atoms with Crippen molar-refractivity contribution in [2.75, 3.05) is 13.7 Å². The molecule has 0 unspecified atom stereocenters. The molecule has 0 saturated carbocycles. The topological polar surface area (TPSA) is 59.7 Å². The lowest BCUT2D eigenvalue weighted by atomic mass is 10.1. The standard InChI is InChI=1S/C10H12O4/c1-13-10(12)8(4-5-11)7-9-3-2-6-14-9/h2-3,6-7,11H,4-5H2,1H3. The van der Waals surface area contributed by atoms with E-state index in [-0.39, 0.29) is 13.0 Å². The van der Waals surface area contributed by atoms with E-state index in [4.69, 9.17) is 9.52 Å². The van der Waals surface area contributed by atoms with E-state index in [0.29, 0.717) is 11.3 Å². The molecule has 0 amide bonds. The summed E-state index contributed by atoms with van der Waals surface area (Å²) < 4.78 is 9.59. The molecule has 1 rings (SSSR count). The van der Waals surface area contributed by atoms with Crippen molar-refractivity contribution in [3.8, 4) is 0 Å². The van der Waals surface area contributed by atoms with Crippen LogP contribution in [0.3, 0.4) is 0 Å². The fraction of sp³-hybridized carbons (Fsp3) is 0.300. The molecule has 0 aromatic carbocycles. The molecular formula is C10H12O4. The van der Waals surface area contributed by atoms with Crippen LogP contribution in [0.1, 0.15) is 12.2 Å². The zero-order valence-corrected chi connectivity index (χ0v) is 7.90. The summed E-state index contributed by atoms with van der Waals surface area (Å²) in [4.78, 5) is 11.2. The number of furan rings is 1. The predicted octanol–water partition coefficient (Wildman–Crippen LogP) is 1.22. The molecule has 1 aromatic heterocycles. The molecule has 0 spiro atoms. The SMILES string of the molecule is COC(=O)C(=Cc1ccco1)CCO. The van der Waals surface area contributed by atoms with Gasteiger partial charge in [-0.3, -0.25) is 0 Å². The second-order valence-electron chi connectivity index (χ2n) is 2.65. The lowest BCUT2D eigenvalue weighted by Gasteiger charge is -2.01. The van der Waals surface area contributed by atoms with Gasteiger partial charge in [0.05, 0.1) is 13.4 Å². The Balaban J connectivity index is 2.81. The summed E-state index contributed by atoms with van der Waals surface area (Å²) >= 11 is 0. The van der Waals surface area contributed by atoms with Crippen molar-refractivity contribution in [1.82, 2.24) is 0 Å². The van der Waals surface area contributed by atoms with Crippen molar-refractivity contribution in [3.63, 3.8) is 0 Å². The number of methoxy groups -OCH3 is 1. The molecule has 0 fully saturated rings. The van der Waals surface area contributed by atoms with Crippen molar-refractivity contribution < 1.29 is 19.1 Å². The number of aliphatic hydroxyl groups is 1. The summed E-state index contributed by atoms with van der Waals surface area (Å²) in [6.45, 7) is -0.0956. The van der Waals surface area contributed by atoms with Gasteiger partial charge < -0.3 is 14.3 Å². The van der Waals surface area contributed by atoms with Crippen LogP contribution in [0, 0.1) is 0 Å². The van der Waals surface area contributed by atoms with Crippen molar-refractivity contribution in [2.45, 2.75) is 6.42 Å². The minimum Gasteiger partial charge on any atom is -0.466 e. The molecule has 4 nitrogen and oxygen atoms in total. The summed E-state index contributed by atoms with van der Waals surface area (Å²) in [6, 6.07) is 3.44. The van der Waals surface area contributed by atoms with E-state index in [9.17, 15) is 4.79 Å². The smallest absolute Gasteiger partial charge is 0.333 e. The first-order chi connectivity index (χ1) is 6.77. The second kappa shape index (κ2) is 5.24. The average molecular weight is 196 g/mol. The fourth-order valence-electron chi connectivity index (χ4n) is 1.03. The number of rotatable bonds is 4. The molecule has 1 N–H and O–H groups in total. The van der Waals surface area contributed by atoms with Crippen molar-refractivity contribution in [2.24, 2.45) is 0 Å². The summed E-state index contributed by atoms with van der Waals surface area (Å²) in [5, 5.41) is 8.73. The van der Waals surface area contributed by atoms with E-state index in [0.717, 1.165) is 0 Å². The van der Waals surface area contributed by atoms with Gasteiger partial charge in [-0.15, -0.1) is 0 Å². The van der Waals surface area contributed by atoms with E-state index in [1.54, 1.807) is 18.2 Å². The highest BCUT2D eigenvalue weighted by molar-refractivity contribution is 5.93. The molecule has 1 aromatic rings. The minimum atomic E-state index is -0.449. The summed E-state index contributed by atoms with van der Waals surface area (Å²) in [7, 11) is 1.30. The molecule has 0 aliphatic carbocycles. The van der Waals surface area contributed by atoms with Crippen LogP contribution in [0.15, 0.2) is 28.4 Å². The van der Waals surface area contributed by atoms with E-state index >= 15 is 0 Å². The monoisotopic (exact) mass is 196 g/mol. The summed E-state index contributed by atoms with van der Waals surface area (Å²) in [5.41, 5.74) is 0.393. The van der Waals surface area contributed by atoms with Gasteiger partial charge in [0.15, 0.2) is 0 Å². The first-order valence-electron chi connectivity index (χ1n) is 4.21. The Morgan fingerprint density at radius 1 is 1.71 bits per heavy atom. The van der Waals surface area contributed by atoms with Crippen LogP contribution in [0.4, 0.5) is 0 Å². The molecule has 76 valence electrons. The highest BCUT2D eigenvalue weighted by atomic mass is 16.5. The van der Waals surface area contributed by atoms with Gasteiger partial charge in [0.1, 0.15) is 5.76 Å². The van der Waals surface area contributed by atoms with Gasteiger partial charge in [0.2, 0.25) is 0 Å². The molecule has 0 saturated heterocycles. The third-order valence-electron chi connectivity index (χ3n) is 1.69. The molecule has 14 heavy (non-hydrogen) atoms. The Morgan fingerprint density at radius 2 is 2.50 bits per heavy atom. The Kier molecular flexibility index (Phi) is 3.94. The van der Waals surface area contributed by atoms with Crippen LogP contribution in [-0.4, -0.2) is 24.8 Å². The van der Waals surface area contributed by atoms with E-state index < -0.39 is 5.97 Å². The number of carbonyl (C=O) groups is 1. The number of carbonyl (C=O) groups excluding carboxylic acids is 1. The van der Waals surface area contributed by atoms with E-state index in [1.165, 1.54) is 13.4 Å². The van der Waals surface area contributed by atoms with Crippen LogP contribution >= 0.6 is 0 Å². The van der Waals surface area contributed by atoms with Crippen LogP contribution in [0.25, 0.3) is 6.08 Å². The van der Waals surface area contributed by atoms with E-state index in [1.807, 2.05) is 0 Å². The first kappa shape index (κ1) is 10.5. The maximum absolute atomic E-state index is 11.2. The first-order valence-corrected chi connectivity index (χ1v) is 4.21. The number of hydrogen-bond acceptors (Lipinski definition) is 4. The van der Waals surface area contributed by atoms with Crippen molar-refractivity contribution >= 4 is 12.0 Å². The fourth-order valence-corrected chi connectivity index (χ4v) is 1.03. The zero-order valence-electron chi connectivity index (χ0n) is 7.90. The third kappa shape index (κ3) is 2.74. The zero-order chi connectivity index (χ0) is 10.4. The van der Waals surface area contributed by atoms with Gasteiger partial charge >= 0.3 is 5.97 Å². The number of esters is 1. The highest BCUT2D eigenvalue weighted by Gasteiger charge is 2.09. The Morgan fingerprint density at radius 3 is 3.00 bits per heavy atom. The normalized spacial score (nSPS) is 11.4. The molecule has 0 aliphatic rings. The predicted molar refractivity (Wildman–Crippen MR) is 50.4 cm³/mol. The van der Waals surface area contributed by atoms with Crippen LogP contribution in [-0.2, 0) is 9.53 Å². The molecule has 0 radical (unpaired) electrons. The van der Waals surface area contributed by atoms with Gasteiger partial charge in [0, 0.05) is 18.6 Å². The molecule has 4 heteroatoms. The van der Waals surface area contributed by atoms with E-state index in [2.05, 4.69) is 4.74 Å². The lowest BCUT2D eigenvalue weighted by Crippen LogP contribution is -2.06. The summed E-state index contributed by atoms with van der Waals surface area (Å²) in [6.07, 6.45) is 3.33.